The van der Waals surface area contributed by atoms with E-state index in [-0.39, 0.29) is 24.3 Å². The first-order valence-electron chi connectivity index (χ1n) is 15.4. The molecule has 42 heavy (non-hydrogen) atoms. The van der Waals surface area contributed by atoms with Gasteiger partial charge >= 0.3 is 16.3 Å². The molecule has 0 spiro atoms. The van der Waals surface area contributed by atoms with Crippen LogP contribution in [0.2, 0.25) is 0 Å². The van der Waals surface area contributed by atoms with Crippen LogP contribution >= 0.6 is 0 Å². The highest BCUT2D eigenvalue weighted by molar-refractivity contribution is 7.87. The molecule has 236 valence electrons. The molecule has 0 radical (unpaired) electrons. The standard InChI is InChI=1S/C29H47N5O7S/c1-20-13-10-11-18-34(20)42(39,40)32-26(37)29-19-21(29)14-8-6-5-7-9-15-22(30-27(38)41-28(2,3)4)25(36)33-17-12-16-23(33)24(35)31-29/h8,14,20-23H,5-7,9-13,15-19H2,1-4H3,(H,30,38)(H,31,35)(H,32,37)/t20?,21-,22+,23+,29-/m1/s1. The van der Waals surface area contributed by atoms with Crippen molar-refractivity contribution in [3.05, 3.63) is 12.2 Å². The lowest BCUT2D eigenvalue weighted by Crippen LogP contribution is -2.59. The van der Waals surface area contributed by atoms with Crippen molar-refractivity contribution in [1.82, 2.24) is 24.6 Å². The van der Waals surface area contributed by atoms with Crippen LogP contribution in [0.5, 0.6) is 0 Å². The van der Waals surface area contributed by atoms with Crippen molar-refractivity contribution in [3.63, 3.8) is 0 Å². The Labute approximate surface area is 249 Å². The van der Waals surface area contributed by atoms with Crippen molar-refractivity contribution in [2.24, 2.45) is 5.92 Å². The highest BCUT2D eigenvalue weighted by Gasteiger charge is 2.61. The molecular weight excluding hydrogens is 562 g/mol. The van der Waals surface area contributed by atoms with Crippen LogP contribution in [0.4, 0.5) is 4.79 Å². The van der Waals surface area contributed by atoms with Gasteiger partial charge in [-0.05, 0) is 79.1 Å². The summed E-state index contributed by atoms with van der Waals surface area (Å²) in [6, 6.07) is -1.91. The van der Waals surface area contributed by atoms with Crippen LogP contribution in [0.25, 0.3) is 0 Å². The fourth-order valence-electron chi connectivity index (χ4n) is 6.24. The fraction of sp³-hybridized carbons (Fsp3) is 0.793. The molecule has 1 saturated carbocycles. The van der Waals surface area contributed by atoms with Gasteiger partial charge in [0.05, 0.1) is 0 Å². The Morgan fingerprint density at radius 3 is 2.48 bits per heavy atom. The van der Waals surface area contributed by atoms with Crippen LogP contribution in [-0.4, -0.2) is 83.8 Å². The number of allylic oxidation sites excluding steroid dienone is 1. The molecule has 0 aromatic rings. The third-order valence-corrected chi connectivity index (χ3v) is 10.2. The summed E-state index contributed by atoms with van der Waals surface area (Å²) in [5.41, 5.74) is -2.14. The number of nitrogens with zero attached hydrogens (tertiary/aromatic N) is 2. The van der Waals surface area contributed by atoms with Crippen molar-refractivity contribution < 1.29 is 32.3 Å². The van der Waals surface area contributed by atoms with Gasteiger partial charge < -0.3 is 20.3 Å². The fourth-order valence-corrected chi connectivity index (χ4v) is 7.72. The zero-order chi connectivity index (χ0) is 30.7. The van der Waals surface area contributed by atoms with Crippen molar-refractivity contribution in [2.75, 3.05) is 13.1 Å². The minimum atomic E-state index is -4.09. The Bertz CT molecular complexity index is 1180. The van der Waals surface area contributed by atoms with E-state index in [4.69, 9.17) is 4.74 Å². The van der Waals surface area contributed by atoms with E-state index < -0.39 is 51.3 Å². The van der Waals surface area contributed by atoms with E-state index in [0.29, 0.717) is 38.8 Å². The Balaban J connectivity index is 1.54. The normalized spacial score (nSPS) is 31.6. The molecule has 0 aromatic carbocycles. The number of amides is 4. The second-order valence-corrected chi connectivity index (χ2v) is 14.7. The van der Waals surface area contributed by atoms with Gasteiger partial charge in [0.1, 0.15) is 23.2 Å². The Morgan fingerprint density at radius 1 is 1.02 bits per heavy atom. The molecule has 3 heterocycles. The number of hydrogen-bond donors (Lipinski definition) is 3. The molecular formula is C29H47N5O7S. The molecule has 5 atom stereocenters. The number of piperidine rings is 1. The topological polar surface area (TPSA) is 154 Å². The molecule has 4 aliphatic rings. The largest absolute Gasteiger partial charge is 0.444 e. The van der Waals surface area contributed by atoms with Crippen LogP contribution < -0.4 is 15.4 Å². The van der Waals surface area contributed by atoms with E-state index in [1.54, 1.807) is 20.8 Å². The Hall–Kier alpha value is -2.67. The molecule has 3 aliphatic heterocycles. The van der Waals surface area contributed by atoms with Gasteiger partial charge in [0.15, 0.2) is 0 Å². The van der Waals surface area contributed by atoms with Crippen molar-refractivity contribution in [1.29, 1.82) is 0 Å². The first-order valence-corrected chi connectivity index (χ1v) is 16.8. The second kappa shape index (κ2) is 12.9. The lowest BCUT2D eigenvalue weighted by atomic mass is 10.0. The third-order valence-electron chi connectivity index (χ3n) is 8.60. The quantitative estimate of drug-likeness (QED) is 0.414. The minimum absolute atomic E-state index is 0.223. The van der Waals surface area contributed by atoms with Gasteiger partial charge in [-0.1, -0.05) is 31.4 Å². The van der Waals surface area contributed by atoms with Crippen LogP contribution in [0.1, 0.15) is 98.3 Å². The number of nitrogens with one attached hydrogen (secondary N) is 3. The summed E-state index contributed by atoms with van der Waals surface area (Å²) in [7, 11) is -4.09. The summed E-state index contributed by atoms with van der Waals surface area (Å²) >= 11 is 0. The summed E-state index contributed by atoms with van der Waals surface area (Å²) in [5, 5.41) is 5.58. The Kier molecular flexibility index (Phi) is 9.91. The third kappa shape index (κ3) is 7.64. The maximum Gasteiger partial charge on any atom is 0.408 e. The summed E-state index contributed by atoms with van der Waals surface area (Å²) in [5.74, 6) is -1.97. The zero-order valence-electron chi connectivity index (χ0n) is 25.3. The van der Waals surface area contributed by atoms with Crippen LogP contribution in [0.3, 0.4) is 0 Å². The molecule has 13 heteroatoms. The van der Waals surface area contributed by atoms with E-state index in [2.05, 4.69) is 15.4 Å². The van der Waals surface area contributed by atoms with E-state index in [1.807, 2.05) is 19.1 Å². The predicted molar refractivity (Wildman–Crippen MR) is 156 cm³/mol. The summed E-state index contributed by atoms with van der Waals surface area (Å²) in [6.07, 6.45) is 10.3. The smallest absolute Gasteiger partial charge is 0.408 e. The highest BCUT2D eigenvalue weighted by Crippen LogP contribution is 2.45. The van der Waals surface area contributed by atoms with Gasteiger partial charge in [-0.2, -0.15) is 12.7 Å². The molecule has 4 amide bonds. The maximum absolute atomic E-state index is 13.7. The first-order chi connectivity index (χ1) is 19.7. The summed E-state index contributed by atoms with van der Waals surface area (Å²) in [6.45, 7) is 7.74. The number of ether oxygens (including phenoxy) is 1. The summed E-state index contributed by atoms with van der Waals surface area (Å²) < 4.78 is 35.4. The average Bonchev–Trinajstić information content (AvgIpc) is 3.35. The average molecular weight is 610 g/mol. The second-order valence-electron chi connectivity index (χ2n) is 13.1. The highest BCUT2D eigenvalue weighted by atomic mass is 32.2. The molecule has 0 bridgehead atoms. The van der Waals surface area contributed by atoms with Crippen molar-refractivity contribution >= 4 is 34.0 Å². The molecule has 4 rings (SSSR count). The van der Waals surface area contributed by atoms with E-state index in [9.17, 15) is 27.6 Å². The van der Waals surface area contributed by atoms with E-state index >= 15 is 0 Å². The monoisotopic (exact) mass is 609 g/mol. The number of alkyl carbamates (subject to hydrolysis) is 1. The van der Waals surface area contributed by atoms with Gasteiger partial charge in [0.2, 0.25) is 11.8 Å². The van der Waals surface area contributed by atoms with Crippen molar-refractivity contribution in [2.45, 2.75) is 128 Å². The molecule has 1 unspecified atom stereocenters. The van der Waals surface area contributed by atoms with Crippen LogP contribution in [0, 0.1) is 5.92 Å². The number of fused-ring (bicyclic) bond motifs is 2. The minimum Gasteiger partial charge on any atom is -0.444 e. The predicted octanol–water partition coefficient (Wildman–Crippen LogP) is 2.50. The molecule has 3 N–H and O–H groups in total. The van der Waals surface area contributed by atoms with Gasteiger partial charge in [0.25, 0.3) is 5.91 Å². The molecule has 1 aliphatic carbocycles. The van der Waals surface area contributed by atoms with Crippen LogP contribution in [0.15, 0.2) is 12.2 Å². The lowest BCUT2D eigenvalue weighted by Gasteiger charge is -2.33. The molecule has 0 aromatic heterocycles. The lowest BCUT2D eigenvalue weighted by molar-refractivity contribution is -0.141. The van der Waals surface area contributed by atoms with Crippen molar-refractivity contribution in [3.8, 4) is 0 Å². The van der Waals surface area contributed by atoms with Gasteiger partial charge in [-0.3, -0.25) is 14.4 Å². The first kappa shape index (κ1) is 32.2. The van der Waals surface area contributed by atoms with Gasteiger partial charge in [-0.25, -0.2) is 9.52 Å². The van der Waals surface area contributed by atoms with E-state index in [0.717, 1.165) is 38.5 Å². The molecule has 3 fully saturated rings. The summed E-state index contributed by atoms with van der Waals surface area (Å²) in [4.78, 5) is 55.0. The maximum atomic E-state index is 13.7. The van der Waals surface area contributed by atoms with E-state index in [1.165, 1.54) is 9.21 Å². The number of rotatable bonds is 4. The van der Waals surface area contributed by atoms with Gasteiger partial charge in [-0.15, -0.1) is 0 Å². The Morgan fingerprint density at radius 2 is 1.76 bits per heavy atom. The number of carbonyl (C=O) groups is 4. The molecule has 12 nitrogen and oxygen atoms in total. The molecule has 2 saturated heterocycles. The zero-order valence-corrected chi connectivity index (χ0v) is 26.1. The SMILES string of the molecule is CC1CCCCN1S(=O)(=O)NC(=O)[C@@]12C[C@H]1C=CCCCCC[C@H](NC(=O)OC(C)(C)C)C(=O)N1CCC[C@H]1C(=O)N2. The number of hydrogen-bond acceptors (Lipinski definition) is 7. The van der Waals surface area contributed by atoms with Gasteiger partial charge in [0, 0.05) is 25.0 Å². The van der Waals surface area contributed by atoms with Crippen LogP contribution in [-0.2, 0) is 29.3 Å². The number of carbonyl (C=O) groups excluding carboxylic acids is 4.